The van der Waals surface area contributed by atoms with Crippen LogP contribution in [-0.2, 0) is 4.79 Å². The molecule has 1 aliphatic heterocycles. The minimum atomic E-state index is 0.118. The van der Waals surface area contributed by atoms with Crippen LogP contribution in [0.25, 0.3) is 0 Å². The number of nitrogens with zero attached hydrogens (tertiary/aromatic N) is 3. The van der Waals surface area contributed by atoms with Gasteiger partial charge in [0.15, 0.2) is 0 Å². The number of hydrogen-bond donors (Lipinski definition) is 0. The lowest BCUT2D eigenvalue weighted by Crippen LogP contribution is -2.38. The Hall–Kier alpha value is -1.37. The van der Waals surface area contributed by atoms with Crippen molar-refractivity contribution in [1.82, 2.24) is 4.90 Å². The molecule has 0 N–H and O–H groups in total. The molecule has 0 spiro atoms. The Labute approximate surface area is 77.9 Å². The molecule has 1 fully saturated rings. The fourth-order valence-corrected chi connectivity index (χ4v) is 1.50. The molecule has 0 aromatic heterocycles. The fraction of sp³-hybridized carbons (Fsp3) is 0.667. The molecule has 0 saturated carbocycles. The van der Waals surface area contributed by atoms with Crippen molar-refractivity contribution in [1.29, 1.82) is 5.26 Å². The van der Waals surface area contributed by atoms with Crippen molar-refractivity contribution in [2.75, 3.05) is 13.1 Å². The van der Waals surface area contributed by atoms with E-state index in [9.17, 15) is 4.79 Å². The lowest BCUT2D eigenvalue weighted by molar-refractivity contribution is -0.117. The van der Waals surface area contributed by atoms with Crippen LogP contribution >= 0.6 is 0 Å². The van der Waals surface area contributed by atoms with Crippen LogP contribution in [0.5, 0.6) is 0 Å². The predicted molar refractivity (Wildman–Crippen MR) is 49.2 cm³/mol. The zero-order valence-corrected chi connectivity index (χ0v) is 7.79. The summed E-state index contributed by atoms with van der Waals surface area (Å²) in [4.78, 5) is 16.5. The van der Waals surface area contributed by atoms with Crippen LogP contribution in [0.15, 0.2) is 4.99 Å². The number of hydrogen-bond acceptors (Lipinski definition) is 3. The van der Waals surface area contributed by atoms with Crippen LogP contribution < -0.4 is 0 Å². The van der Waals surface area contributed by atoms with E-state index in [1.54, 1.807) is 13.1 Å². The molecule has 1 rings (SSSR count). The SMILES string of the molecule is CC(=O)CN1CCCCC1=NC#N. The van der Waals surface area contributed by atoms with Crippen molar-refractivity contribution in [2.24, 2.45) is 4.99 Å². The molecule has 0 bridgehead atoms. The molecule has 1 heterocycles. The van der Waals surface area contributed by atoms with E-state index in [1.165, 1.54) is 0 Å². The van der Waals surface area contributed by atoms with Crippen LogP contribution in [0.2, 0.25) is 0 Å². The molecule has 0 aromatic rings. The largest absolute Gasteiger partial charge is 0.352 e. The summed E-state index contributed by atoms with van der Waals surface area (Å²) >= 11 is 0. The van der Waals surface area contributed by atoms with E-state index in [1.807, 2.05) is 4.90 Å². The summed E-state index contributed by atoms with van der Waals surface area (Å²) < 4.78 is 0. The quantitative estimate of drug-likeness (QED) is 0.593. The van der Waals surface area contributed by atoms with Gasteiger partial charge in [0.2, 0.25) is 6.19 Å². The van der Waals surface area contributed by atoms with E-state index in [4.69, 9.17) is 5.26 Å². The van der Waals surface area contributed by atoms with E-state index in [0.717, 1.165) is 31.6 Å². The Morgan fingerprint density at radius 1 is 1.69 bits per heavy atom. The molecule has 1 saturated heterocycles. The molecule has 0 radical (unpaired) electrons. The summed E-state index contributed by atoms with van der Waals surface area (Å²) in [7, 11) is 0. The maximum absolute atomic E-state index is 10.9. The molecule has 0 aliphatic carbocycles. The molecule has 70 valence electrons. The maximum atomic E-state index is 10.9. The Kier molecular flexibility index (Phi) is 3.44. The highest BCUT2D eigenvalue weighted by Crippen LogP contribution is 2.11. The van der Waals surface area contributed by atoms with Gasteiger partial charge in [0, 0.05) is 13.0 Å². The number of nitriles is 1. The predicted octanol–water partition coefficient (Wildman–Crippen LogP) is 0.941. The van der Waals surface area contributed by atoms with Gasteiger partial charge in [-0.3, -0.25) is 4.79 Å². The second-order valence-electron chi connectivity index (χ2n) is 3.21. The molecule has 1 aliphatic rings. The number of piperidine rings is 1. The van der Waals surface area contributed by atoms with Crippen LogP contribution in [0.3, 0.4) is 0 Å². The van der Waals surface area contributed by atoms with E-state index in [-0.39, 0.29) is 5.78 Å². The zero-order chi connectivity index (χ0) is 9.68. The summed E-state index contributed by atoms with van der Waals surface area (Å²) in [6.07, 6.45) is 4.74. The molecule has 0 aromatic carbocycles. The van der Waals surface area contributed by atoms with E-state index in [2.05, 4.69) is 4.99 Å². The van der Waals surface area contributed by atoms with Gasteiger partial charge in [0.1, 0.15) is 11.6 Å². The van der Waals surface area contributed by atoms with Gasteiger partial charge in [-0.1, -0.05) is 0 Å². The van der Waals surface area contributed by atoms with Crippen LogP contribution in [0, 0.1) is 11.5 Å². The molecule has 13 heavy (non-hydrogen) atoms. The first-order valence-corrected chi connectivity index (χ1v) is 4.44. The fourth-order valence-electron chi connectivity index (χ4n) is 1.50. The molecule has 0 unspecified atom stereocenters. The first-order valence-electron chi connectivity index (χ1n) is 4.44. The first kappa shape index (κ1) is 9.72. The van der Waals surface area contributed by atoms with E-state index >= 15 is 0 Å². The van der Waals surface area contributed by atoms with Crippen molar-refractivity contribution in [3.8, 4) is 6.19 Å². The van der Waals surface area contributed by atoms with Crippen molar-refractivity contribution >= 4 is 11.6 Å². The minimum absolute atomic E-state index is 0.118. The third-order valence-electron chi connectivity index (χ3n) is 2.04. The number of Topliss-reactive ketones (excluding diaryl/α,β-unsaturated/α-hetero) is 1. The van der Waals surface area contributed by atoms with Crippen LogP contribution in [-0.4, -0.2) is 29.6 Å². The zero-order valence-electron chi connectivity index (χ0n) is 7.79. The summed E-state index contributed by atoms with van der Waals surface area (Å²) in [6, 6.07) is 0. The molecular formula is C9H13N3O. The Balaban J connectivity index is 2.63. The molecule has 4 nitrogen and oxygen atoms in total. The number of likely N-dealkylation sites (tertiary alicyclic amines) is 1. The highest BCUT2D eigenvalue weighted by molar-refractivity contribution is 5.88. The number of amidine groups is 1. The second-order valence-corrected chi connectivity index (χ2v) is 3.21. The summed E-state index contributed by atoms with van der Waals surface area (Å²) in [5.41, 5.74) is 0. The van der Waals surface area contributed by atoms with Crippen molar-refractivity contribution in [3.05, 3.63) is 0 Å². The Bertz CT molecular complexity index is 265. The number of aliphatic imine (C=N–C) groups is 1. The summed E-state index contributed by atoms with van der Waals surface area (Å²) in [5, 5.41) is 8.42. The third-order valence-corrected chi connectivity index (χ3v) is 2.04. The average molecular weight is 179 g/mol. The monoisotopic (exact) mass is 179 g/mol. The number of ketones is 1. The second kappa shape index (κ2) is 4.61. The third kappa shape index (κ3) is 2.86. The van der Waals surface area contributed by atoms with Gasteiger partial charge in [-0.15, -0.1) is 0 Å². The van der Waals surface area contributed by atoms with Gasteiger partial charge in [-0.05, 0) is 19.8 Å². The number of rotatable bonds is 2. The number of carbonyl (C=O) groups excluding carboxylic acids is 1. The summed E-state index contributed by atoms with van der Waals surface area (Å²) in [6.45, 7) is 2.79. The smallest absolute Gasteiger partial charge is 0.207 e. The Morgan fingerprint density at radius 2 is 2.46 bits per heavy atom. The molecule has 4 heteroatoms. The van der Waals surface area contributed by atoms with Crippen molar-refractivity contribution in [2.45, 2.75) is 26.2 Å². The van der Waals surface area contributed by atoms with Crippen LogP contribution in [0.1, 0.15) is 26.2 Å². The van der Waals surface area contributed by atoms with E-state index in [0.29, 0.717) is 6.54 Å². The normalized spacial score (nSPS) is 20.0. The summed E-state index contributed by atoms with van der Waals surface area (Å²) in [5.74, 6) is 0.886. The van der Waals surface area contributed by atoms with Gasteiger partial charge in [-0.2, -0.15) is 10.3 Å². The minimum Gasteiger partial charge on any atom is -0.352 e. The highest BCUT2D eigenvalue weighted by atomic mass is 16.1. The molecule has 0 amide bonds. The van der Waals surface area contributed by atoms with E-state index < -0.39 is 0 Å². The van der Waals surface area contributed by atoms with Gasteiger partial charge in [0.25, 0.3) is 0 Å². The highest BCUT2D eigenvalue weighted by Gasteiger charge is 2.17. The Morgan fingerprint density at radius 3 is 3.08 bits per heavy atom. The van der Waals surface area contributed by atoms with Crippen molar-refractivity contribution in [3.63, 3.8) is 0 Å². The lowest BCUT2D eigenvalue weighted by Gasteiger charge is -2.28. The maximum Gasteiger partial charge on any atom is 0.207 e. The topological polar surface area (TPSA) is 56.5 Å². The standard InChI is InChI=1S/C9H13N3O/c1-8(13)6-12-5-3-2-4-9(12)11-7-10/h2-6H2,1H3. The van der Waals surface area contributed by atoms with Crippen LogP contribution in [0.4, 0.5) is 0 Å². The van der Waals surface area contributed by atoms with Gasteiger partial charge in [-0.25, -0.2) is 0 Å². The molecular weight excluding hydrogens is 166 g/mol. The van der Waals surface area contributed by atoms with Crippen molar-refractivity contribution < 1.29 is 4.79 Å². The van der Waals surface area contributed by atoms with Gasteiger partial charge < -0.3 is 4.90 Å². The number of carbonyl (C=O) groups is 1. The lowest BCUT2D eigenvalue weighted by atomic mass is 10.1. The molecule has 0 atom stereocenters. The average Bonchev–Trinajstić information content (AvgIpc) is 2.08. The van der Waals surface area contributed by atoms with Gasteiger partial charge >= 0.3 is 0 Å². The van der Waals surface area contributed by atoms with Gasteiger partial charge in [0.05, 0.1) is 6.54 Å². The first-order chi connectivity index (χ1) is 6.24.